The monoisotopic (exact) mass is 465 g/mol. The number of rotatable bonds is 6. The minimum absolute atomic E-state index is 0.0385. The van der Waals surface area contributed by atoms with Gasteiger partial charge in [-0.1, -0.05) is 12.1 Å². The Bertz CT molecular complexity index is 1070. The Morgan fingerprint density at radius 3 is 2.47 bits per heavy atom. The maximum Gasteiger partial charge on any atom is 0.410 e. The average Bonchev–Trinajstić information content (AvgIpc) is 3.36. The van der Waals surface area contributed by atoms with E-state index in [1.807, 2.05) is 37.6 Å². The van der Waals surface area contributed by atoms with Crippen molar-refractivity contribution in [3.05, 3.63) is 41.1 Å². The summed E-state index contributed by atoms with van der Waals surface area (Å²) in [5.41, 5.74) is 3.78. The highest BCUT2D eigenvalue weighted by atomic mass is 16.6. The number of aromatic nitrogens is 2. The standard InChI is InChI=1S/C26H35N5O3/c1-16(2)31-23(24(32)28-20-12-13-30(15-20)25(33)34-26(3,4)5)21(18-10-11-18)22(29-31)19-8-6-17(14-27)7-9-19/h6-9,16,18,20,24,28,32H,10-13,15H2,1-5H3/t20-,24?/m1/s1. The summed E-state index contributed by atoms with van der Waals surface area (Å²) in [6, 6.07) is 9.65. The Balaban J connectivity index is 1.58. The molecule has 1 saturated carbocycles. The molecule has 2 heterocycles. The summed E-state index contributed by atoms with van der Waals surface area (Å²) in [5.74, 6) is 0.367. The molecule has 4 rings (SSSR count). The van der Waals surface area contributed by atoms with E-state index in [1.165, 1.54) is 0 Å². The first kappa shape index (κ1) is 24.2. The first-order chi connectivity index (χ1) is 16.1. The third kappa shape index (κ3) is 5.26. The fourth-order valence-corrected chi connectivity index (χ4v) is 4.51. The number of aliphatic hydroxyl groups excluding tert-OH is 1. The highest BCUT2D eigenvalue weighted by molar-refractivity contribution is 5.69. The van der Waals surface area contributed by atoms with Crippen LogP contribution in [0.1, 0.15) is 88.9 Å². The van der Waals surface area contributed by atoms with Crippen LogP contribution in [0, 0.1) is 11.3 Å². The Hall–Kier alpha value is -2.89. The van der Waals surface area contributed by atoms with E-state index < -0.39 is 11.8 Å². The second-order valence-corrected chi connectivity index (χ2v) is 10.6. The molecule has 1 aliphatic heterocycles. The van der Waals surface area contributed by atoms with Crippen LogP contribution < -0.4 is 5.32 Å². The van der Waals surface area contributed by atoms with E-state index in [1.54, 1.807) is 17.0 Å². The predicted octanol–water partition coefficient (Wildman–Crippen LogP) is 4.47. The van der Waals surface area contributed by atoms with E-state index in [2.05, 4.69) is 25.2 Å². The molecule has 2 fully saturated rings. The summed E-state index contributed by atoms with van der Waals surface area (Å²) < 4.78 is 7.42. The van der Waals surface area contributed by atoms with Gasteiger partial charge in [0.05, 0.1) is 23.0 Å². The van der Waals surface area contributed by atoms with Crippen LogP contribution in [0.3, 0.4) is 0 Å². The second-order valence-electron chi connectivity index (χ2n) is 10.6. The largest absolute Gasteiger partial charge is 0.444 e. The normalized spacial score (nSPS) is 19.4. The van der Waals surface area contributed by atoms with Gasteiger partial charge in [0, 0.05) is 36.3 Å². The Morgan fingerprint density at radius 1 is 1.24 bits per heavy atom. The molecule has 1 aromatic carbocycles. The molecule has 2 N–H and O–H groups in total. The molecule has 0 radical (unpaired) electrons. The van der Waals surface area contributed by atoms with Gasteiger partial charge < -0.3 is 14.7 Å². The molecule has 8 heteroatoms. The summed E-state index contributed by atoms with van der Waals surface area (Å²) in [4.78, 5) is 14.1. The maximum atomic E-state index is 12.4. The maximum absolute atomic E-state index is 12.4. The van der Waals surface area contributed by atoms with Gasteiger partial charge in [0.2, 0.25) is 0 Å². The summed E-state index contributed by atoms with van der Waals surface area (Å²) in [5, 5.41) is 28.8. The topological polar surface area (TPSA) is 103 Å². The zero-order valence-corrected chi connectivity index (χ0v) is 20.7. The molecule has 1 aliphatic carbocycles. The SMILES string of the molecule is CC(C)n1nc(-c2ccc(C#N)cc2)c(C2CC2)c1C(O)N[C@@H]1CCN(C(=O)OC(C)(C)C)C1. The van der Waals surface area contributed by atoms with Gasteiger partial charge in [-0.2, -0.15) is 10.4 Å². The molecule has 2 aromatic rings. The van der Waals surface area contributed by atoms with E-state index in [0.717, 1.165) is 41.8 Å². The molecule has 182 valence electrons. The molecule has 1 aromatic heterocycles. The number of carbonyl (C=O) groups is 1. The van der Waals surface area contributed by atoms with Gasteiger partial charge >= 0.3 is 6.09 Å². The number of amides is 1. The molecule has 0 spiro atoms. The van der Waals surface area contributed by atoms with Crippen molar-refractivity contribution in [1.29, 1.82) is 5.26 Å². The quantitative estimate of drug-likeness (QED) is 0.610. The molecule has 8 nitrogen and oxygen atoms in total. The number of aliphatic hydroxyl groups is 1. The predicted molar refractivity (Wildman–Crippen MR) is 129 cm³/mol. The zero-order chi connectivity index (χ0) is 24.6. The molecule has 1 unspecified atom stereocenters. The van der Waals surface area contributed by atoms with Crippen LogP contribution in [0.5, 0.6) is 0 Å². The van der Waals surface area contributed by atoms with E-state index in [9.17, 15) is 9.90 Å². The smallest absolute Gasteiger partial charge is 0.410 e. The van der Waals surface area contributed by atoms with Gasteiger partial charge in [-0.3, -0.25) is 10.00 Å². The molecule has 1 amide bonds. The van der Waals surface area contributed by atoms with Crippen LogP contribution >= 0.6 is 0 Å². The van der Waals surface area contributed by atoms with Crippen molar-refractivity contribution in [3.8, 4) is 17.3 Å². The van der Waals surface area contributed by atoms with Gasteiger partial charge in [-0.05, 0) is 71.9 Å². The molecule has 2 aliphatic rings. The van der Waals surface area contributed by atoms with Gasteiger partial charge in [0.1, 0.15) is 11.8 Å². The summed E-state index contributed by atoms with van der Waals surface area (Å²) in [6.45, 7) is 10.8. The second kappa shape index (κ2) is 9.40. The first-order valence-electron chi connectivity index (χ1n) is 12.1. The highest BCUT2D eigenvalue weighted by Crippen LogP contribution is 2.47. The van der Waals surface area contributed by atoms with Crippen molar-refractivity contribution in [2.75, 3.05) is 13.1 Å². The minimum Gasteiger partial charge on any atom is -0.444 e. The number of benzene rings is 1. The fourth-order valence-electron chi connectivity index (χ4n) is 4.51. The lowest BCUT2D eigenvalue weighted by Gasteiger charge is -2.25. The zero-order valence-electron chi connectivity index (χ0n) is 20.7. The summed E-state index contributed by atoms with van der Waals surface area (Å²) >= 11 is 0. The lowest BCUT2D eigenvalue weighted by molar-refractivity contribution is 0.0283. The van der Waals surface area contributed by atoms with Crippen LogP contribution in [0.15, 0.2) is 24.3 Å². The third-order valence-corrected chi connectivity index (χ3v) is 6.24. The van der Waals surface area contributed by atoms with Crippen molar-refractivity contribution in [1.82, 2.24) is 20.0 Å². The van der Waals surface area contributed by atoms with E-state index in [4.69, 9.17) is 15.1 Å². The fraction of sp³-hybridized carbons (Fsp3) is 0.577. The summed E-state index contributed by atoms with van der Waals surface area (Å²) in [6.07, 6.45) is 1.67. The number of ether oxygens (including phenoxy) is 1. The number of nitriles is 1. The average molecular weight is 466 g/mol. The van der Waals surface area contributed by atoms with Crippen molar-refractivity contribution in [3.63, 3.8) is 0 Å². The van der Waals surface area contributed by atoms with Crippen LogP contribution in [-0.4, -0.2) is 50.6 Å². The van der Waals surface area contributed by atoms with Gasteiger partial charge in [0.25, 0.3) is 0 Å². The lowest BCUT2D eigenvalue weighted by Crippen LogP contribution is -2.40. The molecule has 2 atom stereocenters. The number of likely N-dealkylation sites (tertiary alicyclic amines) is 1. The van der Waals surface area contributed by atoms with Crippen LogP contribution in [0.2, 0.25) is 0 Å². The number of hydrogen-bond donors (Lipinski definition) is 2. The van der Waals surface area contributed by atoms with E-state index in [-0.39, 0.29) is 18.2 Å². The van der Waals surface area contributed by atoms with Crippen molar-refractivity contribution in [2.24, 2.45) is 0 Å². The molecule has 0 bridgehead atoms. The molecule has 34 heavy (non-hydrogen) atoms. The van der Waals surface area contributed by atoms with Gasteiger partial charge in [-0.25, -0.2) is 4.79 Å². The van der Waals surface area contributed by atoms with E-state index >= 15 is 0 Å². The molecular weight excluding hydrogens is 430 g/mol. The van der Waals surface area contributed by atoms with Crippen LogP contribution in [0.4, 0.5) is 4.79 Å². The number of hydrogen-bond acceptors (Lipinski definition) is 6. The van der Waals surface area contributed by atoms with Crippen LogP contribution in [-0.2, 0) is 4.74 Å². The van der Waals surface area contributed by atoms with Gasteiger partial charge in [-0.15, -0.1) is 0 Å². The number of nitrogens with one attached hydrogen (secondary N) is 1. The number of nitrogens with zero attached hydrogens (tertiary/aromatic N) is 4. The van der Waals surface area contributed by atoms with Crippen molar-refractivity contribution in [2.45, 2.75) is 83.7 Å². The Labute approximate surface area is 201 Å². The third-order valence-electron chi connectivity index (χ3n) is 6.24. The molecular formula is C26H35N5O3. The minimum atomic E-state index is -0.902. The Kier molecular flexibility index (Phi) is 6.70. The Morgan fingerprint density at radius 2 is 1.91 bits per heavy atom. The van der Waals surface area contributed by atoms with Crippen molar-refractivity contribution >= 4 is 6.09 Å². The summed E-state index contributed by atoms with van der Waals surface area (Å²) in [7, 11) is 0. The highest BCUT2D eigenvalue weighted by Gasteiger charge is 2.37. The lowest BCUT2D eigenvalue weighted by atomic mass is 10.00. The van der Waals surface area contributed by atoms with Crippen LogP contribution in [0.25, 0.3) is 11.3 Å². The van der Waals surface area contributed by atoms with Gasteiger partial charge in [0.15, 0.2) is 0 Å². The first-order valence-corrected chi connectivity index (χ1v) is 12.1. The number of carbonyl (C=O) groups excluding carboxylic acids is 1. The van der Waals surface area contributed by atoms with E-state index in [0.29, 0.717) is 24.6 Å². The molecule has 1 saturated heterocycles. The van der Waals surface area contributed by atoms with Crippen molar-refractivity contribution < 1.29 is 14.6 Å².